The SMILES string of the molecule is COc1ccc(NC(=O)Cn2c(CCNC(=O)C3CC3)nc3ccccc32)cc1. The fourth-order valence-electron chi connectivity index (χ4n) is 3.30. The van der Waals surface area contributed by atoms with Gasteiger partial charge < -0.3 is 19.9 Å². The highest BCUT2D eigenvalue weighted by molar-refractivity contribution is 5.91. The van der Waals surface area contributed by atoms with Gasteiger partial charge in [0.2, 0.25) is 11.8 Å². The molecule has 0 aliphatic heterocycles. The summed E-state index contributed by atoms with van der Waals surface area (Å²) in [5.41, 5.74) is 2.45. The summed E-state index contributed by atoms with van der Waals surface area (Å²) in [6, 6.07) is 15.0. The molecule has 7 nitrogen and oxygen atoms in total. The van der Waals surface area contributed by atoms with E-state index in [9.17, 15) is 9.59 Å². The molecular weight excluding hydrogens is 368 g/mol. The summed E-state index contributed by atoms with van der Waals surface area (Å²) < 4.78 is 7.06. The first kappa shape index (κ1) is 19.0. The average Bonchev–Trinajstić information content (AvgIpc) is 3.53. The lowest BCUT2D eigenvalue weighted by Gasteiger charge is -2.11. The average molecular weight is 392 g/mol. The van der Waals surface area contributed by atoms with Gasteiger partial charge in [0.1, 0.15) is 18.1 Å². The Kier molecular flexibility index (Phi) is 5.46. The van der Waals surface area contributed by atoms with Crippen LogP contribution >= 0.6 is 0 Å². The number of anilines is 1. The second-order valence-corrected chi connectivity index (χ2v) is 7.19. The van der Waals surface area contributed by atoms with Crippen LogP contribution in [-0.2, 0) is 22.6 Å². The Morgan fingerprint density at radius 3 is 2.62 bits per heavy atom. The summed E-state index contributed by atoms with van der Waals surface area (Å²) in [4.78, 5) is 29.2. The monoisotopic (exact) mass is 392 g/mol. The number of rotatable bonds is 8. The zero-order chi connectivity index (χ0) is 20.2. The summed E-state index contributed by atoms with van der Waals surface area (Å²) in [7, 11) is 1.60. The standard InChI is InChI=1S/C22H24N4O3/c1-29-17-10-8-16(9-11-17)24-21(27)14-26-19-5-3-2-4-18(19)25-20(26)12-13-23-22(28)15-6-7-15/h2-5,8-11,15H,6-7,12-14H2,1H3,(H,23,28)(H,24,27). The van der Waals surface area contributed by atoms with Gasteiger partial charge in [0.05, 0.1) is 18.1 Å². The molecule has 0 saturated heterocycles. The number of carbonyl (C=O) groups is 2. The molecule has 0 spiro atoms. The van der Waals surface area contributed by atoms with E-state index in [0.29, 0.717) is 18.7 Å². The van der Waals surface area contributed by atoms with Crippen LogP contribution in [0.1, 0.15) is 18.7 Å². The first-order valence-electron chi connectivity index (χ1n) is 9.80. The number of methoxy groups -OCH3 is 1. The Morgan fingerprint density at radius 1 is 1.14 bits per heavy atom. The minimum Gasteiger partial charge on any atom is -0.497 e. The highest BCUT2D eigenvalue weighted by Crippen LogP contribution is 2.28. The molecule has 0 radical (unpaired) electrons. The first-order valence-corrected chi connectivity index (χ1v) is 9.80. The molecule has 0 bridgehead atoms. The molecule has 2 N–H and O–H groups in total. The van der Waals surface area contributed by atoms with E-state index in [1.54, 1.807) is 31.4 Å². The number of nitrogens with one attached hydrogen (secondary N) is 2. The van der Waals surface area contributed by atoms with Crippen molar-refractivity contribution in [2.75, 3.05) is 19.0 Å². The van der Waals surface area contributed by atoms with E-state index in [-0.39, 0.29) is 24.3 Å². The minimum absolute atomic E-state index is 0.116. The molecule has 0 atom stereocenters. The molecule has 1 fully saturated rings. The van der Waals surface area contributed by atoms with E-state index < -0.39 is 0 Å². The number of ether oxygens (including phenoxy) is 1. The Balaban J connectivity index is 1.46. The number of fused-ring (bicyclic) bond motifs is 1. The van der Waals surface area contributed by atoms with Gasteiger partial charge >= 0.3 is 0 Å². The maximum Gasteiger partial charge on any atom is 0.244 e. The molecule has 0 unspecified atom stereocenters. The van der Waals surface area contributed by atoms with E-state index in [1.165, 1.54) is 0 Å². The molecule has 1 aliphatic carbocycles. The molecule has 1 aromatic heterocycles. The van der Waals surface area contributed by atoms with Gasteiger partial charge in [-0.15, -0.1) is 0 Å². The second-order valence-electron chi connectivity index (χ2n) is 7.19. The Labute approximate surface area is 169 Å². The quantitative estimate of drug-likeness (QED) is 0.617. The van der Waals surface area contributed by atoms with Crippen LogP contribution in [0, 0.1) is 5.92 Å². The molecule has 2 amide bonds. The molecule has 2 aromatic carbocycles. The van der Waals surface area contributed by atoms with Crippen molar-refractivity contribution in [1.29, 1.82) is 0 Å². The van der Waals surface area contributed by atoms with Crippen molar-refractivity contribution in [1.82, 2.24) is 14.9 Å². The highest BCUT2D eigenvalue weighted by atomic mass is 16.5. The van der Waals surface area contributed by atoms with E-state index >= 15 is 0 Å². The Bertz CT molecular complexity index is 1020. The van der Waals surface area contributed by atoms with Crippen molar-refractivity contribution in [3.63, 3.8) is 0 Å². The van der Waals surface area contributed by atoms with Gasteiger partial charge in [0, 0.05) is 24.6 Å². The maximum atomic E-state index is 12.6. The predicted octanol–water partition coefficient (Wildman–Crippen LogP) is 2.75. The van der Waals surface area contributed by atoms with Crippen molar-refractivity contribution in [3.05, 3.63) is 54.4 Å². The largest absolute Gasteiger partial charge is 0.497 e. The third-order valence-electron chi connectivity index (χ3n) is 5.01. The third-order valence-corrected chi connectivity index (χ3v) is 5.01. The number of nitrogens with zero attached hydrogens (tertiary/aromatic N) is 2. The van der Waals surface area contributed by atoms with Gasteiger partial charge in [-0.2, -0.15) is 0 Å². The molecule has 1 aliphatic rings. The molecule has 1 saturated carbocycles. The van der Waals surface area contributed by atoms with E-state index in [2.05, 4.69) is 15.6 Å². The van der Waals surface area contributed by atoms with E-state index in [1.807, 2.05) is 28.8 Å². The second kappa shape index (κ2) is 8.34. The van der Waals surface area contributed by atoms with Crippen LogP contribution in [0.25, 0.3) is 11.0 Å². The van der Waals surface area contributed by atoms with Gasteiger partial charge in [0.25, 0.3) is 0 Å². The summed E-state index contributed by atoms with van der Waals surface area (Å²) >= 11 is 0. The van der Waals surface area contributed by atoms with Crippen LogP contribution in [0.5, 0.6) is 5.75 Å². The topological polar surface area (TPSA) is 85.2 Å². The van der Waals surface area contributed by atoms with Crippen LogP contribution in [0.3, 0.4) is 0 Å². The van der Waals surface area contributed by atoms with Gasteiger partial charge in [-0.3, -0.25) is 9.59 Å². The first-order chi connectivity index (χ1) is 14.1. The maximum absolute atomic E-state index is 12.6. The van der Waals surface area contributed by atoms with Gasteiger partial charge in [-0.1, -0.05) is 12.1 Å². The van der Waals surface area contributed by atoms with Crippen LogP contribution < -0.4 is 15.4 Å². The normalized spacial score (nSPS) is 13.3. The highest BCUT2D eigenvalue weighted by Gasteiger charge is 2.29. The van der Waals surface area contributed by atoms with Crippen molar-refractivity contribution in [2.24, 2.45) is 5.92 Å². The predicted molar refractivity (Wildman–Crippen MR) is 111 cm³/mol. The number of carbonyl (C=O) groups excluding carboxylic acids is 2. The lowest BCUT2D eigenvalue weighted by atomic mass is 10.3. The number of aromatic nitrogens is 2. The van der Waals surface area contributed by atoms with E-state index in [4.69, 9.17) is 4.74 Å². The number of amides is 2. The van der Waals surface area contributed by atoms with E-state index in [0.717, 1.165) is 35.4 Å². The zero-order valence-corrected chi connectivity index (χ0v) is 16.4. The summed E-state index contributed by atoms with van der Waals surface area (Å²) in [5, 5.41) is 5.87. The molecule has 1 heterocycles. The van der Waals surface area contributed by atoms with Crippen molar-refractivity contribution < 1.29 is 14.3 Å². The number of imidazole rings is 1. The lowest BCUT2D eigenvalue weighted by molar-refractivity contribution is -0.122. The Morgan fingerprint density at radius 2 is 1.90 bits per heavy atom. The molecule has 29 heavy (non-hydrogen) atoms. The van der Waals surface area contributed by atoms with Crippen molar-refractivity contribution in [2.45, 2.75) is 25.8 Å². The number of para-hydroxylation sites is 2. The van der Waals surface area contributed by atoms with Crippen LogP contribution in [0.4, 0.5) is 5.69 Å². The summed E-state index contributed by atoms with van der Waals surface area (Å²) in [6.07, 6.45) is 2.54. The summed E-state index contributed by atoms with van der Waals surface area (Å²) in [5.74, 6) is 1.68. The number of hydrogen-bond donors (Lipinski definition) is 2. The molecule has 3 aromatic rings. The minimum atomic E-state index is -0.137. The third kappa shape index (κ3) is 4.56. The van der Waals surface area contributed by atoms with Gasteiger partial charge in [-0.05, 0) is 49.2 Å². The fourth-order valence-corrected chi connectivity index (χ4v) is 3.30. The van der Waals surface area contributed by atoms with Gasteiger partial charge in [0.15, 0.2) is 0 Å². The zero-order valence-electron chi connectivity index (χ0n) is 16.4. The fraction of sp³-hybridized carbons (Fsp3) is 0.318. The smallest absolute Gasteiger partial charge is 0.244 e. The molecule has 7 heteroatoms. The van der Waals surface area contributed by atoms with Crippen molar-refractivity contribution >= 4 is 28.5 Å². The number of benzene rings is 2. The van der Waals surface area contributed by atoms with Gasteiger partial charge in [-0.25, -0.2) is 4.98 Å². The van der Waals surface area contributed by atoms with Crippen molar-refractivity contribution in [3.8, 4) is 5.75 Å². The lowest BCUT2D eigenvalue weighted by Crippen LogP contribution is -2.28. The van der Waals surface area contributed by atoms with Crippen LogP contribution in [0.15, 0.2) is 48.5 Å². The molecule has 150 valence electrons. The van der Waals surface area contributed by atoms with Crippen LogP contribution in [0.2, 0.25) is 0 Å². The molecular formula is C22H24N4O3. The number of hydrogen-bond acceptors (Lipinski definition) is 4. The molecule has 4 rings (SSSR count). The summed E-state index contributed by atoms with van der Waals surface area (Å²) in [6.45, 7) is 0.664. The Hall–Kier alpha value is -3.35. The van der Waals surface area contributed by atoms with Crippen LogP contribution in [-0.4, -0.2) is 35.0 Å².